The maximum absolute atomic E-state index is 13.3. The molecule has 3 rings (SSSR count). The van der Waals surface area contributed by atoms with Gasteiger partial charge in [-0.05, 0) is 13.0 Å². The lowest BCUT2D eigenvalue weighted by molar-refractivity contribution is -0.0948. The first-order chi connectivity index (χ1) is 9.86. The minimum Gasteiger partial charge on any atom is -0.394 e. The number of anilines is 1. The highest BCUT2D eigenvalue weighted by atomic mass is 19.1. The third-order valence-corrected chi connectivity index (χ3v) is 3.76. The minimum atomic E-state index is -1.68. The molecule has 0 radical (unpaired) electrons. The van der Waals surface area contributed by atoms with Crippen LogP contribution in [-0.4, -0.2) is 54.3 Å². The zero-order chi connectivity index (χ0) is 15.4. The Morgan fingerprint density at radius 3 is 2.86 bits per heavy atom. The molecule has 0 aliphatic carbocycles. The number of rotatable bonds is 2. The first-order valence-electron chi connectivity index (χ1n) is 6.32. The van der Waals surface area contributed by atoms with E-state index >= 15 is 0 Å². The second-order valence-corrected chi connectivity index (χ2v) is 5.22. The molecule has 1 aliphatic heterocycles. The molecule has 21 heavy (non-hydrogen) atoms. The molecule has 8 nitrogen and oxygen atoms in total. The zero-order valence-electron chi connectivity index (χ0n) is 11.1. The molecule has 0 bridgehead atoms. The van der Waals surface area contributed by atoms with Gasteiger partial charge < -0.3 is 30.4 Å². The van der Waals surface area contributed by atoms with Crippen molar-refractivity contribution in [3.05, 3.63) is 18.3 Å². The van der Waals surface area contributed by atoms with E-state index in [-0.39, 0.29) is 11.5 Å². The smallest absolute Gasteiger partial charge is 0.312 e. The highest BCUT2D eigenvalue weighted by Crippen LogP contribution is 2.39. The number of aliphatic hydroxyl groups is 3. The van der Waals surface area contributed by atoms with E-state index in [1.807, 2.05) is 0 Å². The Morgan fingerprint density at radius 1 is 1.52 bits per heavy atom. The molecule has 1 unspecified atom stereocenters. The van der Waals surface area contributed by atoms with Crippen molar-refractivity contribution in [1.82, 2.24) is 14.5 Å². The van der Waals surface area contributed by atoms with E-state index in [4.69, 9.17) is 10.5 Å². The summed E-state index contributed by atoms with van der Waals surface area (Å²) in [5, 5.41) is 30.0. The largest absolute Gasteiger partial charge is 0.394 e. The normalized spacial score (nSPS) is 32.9. The summed E-state index contributed by atoms with van der Waals surface area (Å²) in [6, 6.07) is 1.56. The fraction of sp³-hybridized carbons (Fsp3) is 0.500. The summed E-state index contributed by atoms with van der Waals surface area (Å²) in [7, 11) is 0. The first kappa shape index (κ1) is 14.1. The van der Waals surface area contributed by atoms with E-state index in [0.29, 0.717) is 5.39 Å². The fourth-order valence-corrected chi connectivity index (χ4v) is 2.61. The lowest BCUT2D eigenvalue weighted by Gasteiger charge is -2.27. The molecular formula is C12H15FN4O4. The number of ether oxygens (including phenoxy) is 1. The van der Waals surface area contributed by atoms with Gasteiger partial charge >= 0.3 is 6.08 Å². The number of hydrogen-bond donors (Lipinski definition) is 4. The maximum atomic E-state index is 13.3. The predicted octanol–water partition coefficient (Wildman–Crippen LogP) is -0.846. The maximum Gasteiger partial charge on any atom is 0.312 e. The molecule has 3 heterocycles. The second kappa shape index (κ2) is 4.60. The number of aliphatic hydroxyl groups excluding tert-OH is 2. The molecule has 0 saturated carbocycles. The van der Waals surface area contributed by atoms with Crippen molar-refractivity contribution in [1.29, 1.82) is 0 Å². The summed E-state index contributed by atoms with van der Waals surface area (Å²) in [5.74, 6) is -0.0341. The number of fused-ring (bicyclic) bond motifs is 1. The van der Waals surface area contributed by atoms with Crippen molar-refractivity contribution in [2.75, 3.05) is 12.3 Å². The summed E-state index contributed by atoms with van der Waals surface area (Å²) in [6.07, 6.45) is -2.80. The monoisotopic (exact) mass is 298 g/mol. The van der Waals surface area contributed by atoms with Crippen molar-refractivity contribution < 1.29 is 24.4 Å². The Balaban J connectivity index is 2.13. The van der Waals surface area contributed by atoms with E-state index in [2.05, 4.69) is 9.97 Å². The summed E-state index contributed by atoms with van der Waals surface area (Å²) in [6.45, 7) is 0.906. The third kappa shape index (κ3) is 1.97. The molecule has 5 N–H and O–H groups in total. The van der Waals surface area contributed by atoms with E-state index in [0.717, 1.165) is 0 Å². The Bertz CT molecular complexity index is 689. The van der Waals surface area contributed by atoms with Gasteiger partial charge in [0.15, 0.2) is 11.9 Å². The number of aromatic nitrogens is 3. The van der Waals surface area contributed by atoms with Crippen LogP contribution in [0.1, 0.15) is 13.2 Å². The van der Waals surface area contributed by atoms with E-state index in [9.17, 15) is 19.7 Å². The lowest BCUT2D eigenvalue weighted by atomic mass is 9.96. The Morgan fingerprint density at radius 2 is 2.24 bits per heavy atom. The van der Waals surface area contributed by atoms with E-state index in [1.165, 1.54) is 17.7 Å². The quantitative estimate of drug-likeness (QED) is 0.532. The van der Waals surface area contributed by atoms with Crippen LogP contribution < -0.4 is 5.73 Å². The van der Waals surface area contributed by atoms with Crippen LogP contribution in [0.2, 0.25) is 0 Å². The van der Waals surface area contributed by atoms with Gasteiger partial charge in [0.25, 0.3) is 0 Å². The molecule has 9 heteroatoms. The zero-order valence-corrected chi connectivity index (χ0v) is 11.1. The first-order valence-corrected chi connectivity index (χ1v) is 6.32. The number of hydrogen-bond acceptors (Lipinski definition) is 7. The van der Waals surface area contributed by atoms with Crippen LogP contribution in [0.15, 0.2) is 12.3 Å². The lowest BCUT2D eigenvalue weighted by Crippen LogP contribution is -2.44. The van der Waals surface area contributed by atoms with Gasteiger partial charge in [0, 0.05) is 6.20 Å². The molecule has 114 valence electrons. The van der Waals surface area contributed by atoms with E-state index < -0.39 is 36.7 Å². The highest BCUT2D eigenvalue weighted by Gasteiger charge is 2.53. The third-order valence-electron chi connectivity index (χ3n) is 3.76. The van der Waals surface area contributed by atoms with Crippen LogP contribution in [0.5, 0.6) is 0 Å². The highest BCUT2D eigenvalue weighted by molar-refractivity contribution is 5.86. The molecule has 1 fully saturated rings. The van der Waals surface area contributed by atoms with Gasteiger partial charge in [0.05, 0.1) is 12.0 Å². The van der Waals surface area contributed by atoms with Crippen molar-refractivity contribution in [2.24, 2.45) is 0 Å². The predicted molar refractivity (Wildman–Crippen MR) is 69.5 cm³/mol. The molecule has 0 aromatic carbocycles. The van der Waals surface area contributed by atoms with Crippen LogP contribution in [-0.2, 0) is 4.74 Å². The average molecular weight is 298 g/mol. The van der Waals surface area contributed by atoms with Crippen molar-refractivity contribution in [2.45, 2.75) is 31.0 Å². The average Bonchev–Trinajstić information content (AvgIpc) is 2.91. The molecule has 2 aromatic heterocycles. The molecule has 1 saturated heterocycles. The van der Waals surface area contributed by atoms with Gasteiger partial charge in [0.2, 0.25) is 0 Å². The van der Waals surface area contributed by atoms with Gasteiger partial charge in [-0.25, -0.2) is 0 Å². The Hall–Kier alpha value is -1.81. The van der Waals surface area contributed by atoms with Crippen molar-refractivity contribution in [3.63, 3.8) is 0 Å². The number of nitrogens with two attached hydrogens (primary N) is 1. The number of halogens is 1. The molecule has 4 atom stereocenters. The molecular weight excluding hydrogens is 283 g/mol. The van der Waals surface area contributed by atoms with Crippen LogP contribution in [0.3, 0.4) is 0 Å². The van der Waals surface area contributed by atoms with Crippen molar-refractivity contribution in [3.8, 4) is 0 Å². The SMILES string of the molecule is C[C@]1(O)C(n2ccc3c(N)nc(F)nc32)O[C@H](CO)[C@H]1O. The number of nitrogen functional groups attached to an aromatic ring is 1. The fourth-order valence-electron chi connectivity index (χ4n) is 2.61. The van der Waals surface area contributed by atoms with Crippen LogP contribution in [0.25, 0.3) is 11.0 Å². The molecule has 0 spiro atoms. The molecule has 0 amide bonds. The Kier molecular flexibility index (Phi) is 3.10. The van der Waals surface area contributed by atoms with Gasteiger partial charge in [-0.3, -0.25) is 0 Å². The molecule has 2 aromatic rings. The second-order valence-electron chi connectivity index (χ2n) is 5.22. The summed E-state index contributed by atoms with van der Waals surface area (Å²) in [4.78, 5) is 7.07. The van der Waals surface area contributed by atoms with Crippen LogP contribution >= 0.6 is 0 Å². The van der Waals surface area contributed by atoms with E-state index in [1.54, 1.807) is 6.07 Å². The summed E-state index contributed by atoms with van der Waals surface area (Å²) in [5.41, 5.74) is 4.07. The Labute approximate surface area is 118 Å². The van der Waals surface area contributed by atoms with Gasteiger partial charge in [-0.2, -0.15) is 14.4 Å². The van der Waals surface area contributed by atoms with Crippen molar-refractivity contribution >= 4 is 16.9 Å². The standard InChI is InChI=1S/C12H15FN4O4/c1-12(20)7(19)6(4-18)21-10(12)17-3-2-5-8(14)15-11(13)16-9(5)17/h2-3,6-7,10,18-20H,4H2,1H3,(H2,14,15,16)/t6-,7-,10?,12-/m1/s1. The van der Waals surface area contributed by atoms with Gasteiger partial charge in [-0.15, -0.1) is 0 Å². The topological polar surface area (TPSA) is 127 Å². The van der Waals surface area contributed by atoms with Gasteiger partial charge in [-0.1, -0.05) is 0 Å². The summed E-state index contributed by atoms with van der Waals surface area (Å²) >= 11 is 0. The van der Waals surface area contributed by atoms with Crippen LogP contribution in [0.4, 0.5) is 10.2 Å². The minimum absolute atomic E-state index is 0.0341. The van der Waals surface area contributed by atoms with Gasteiger partial charge in [0.1, 0.15) is 23.6 Å². The number of nitrogens with zero attached hydrogens (tertiary/aromatic N) is 3. The molecule has 1 aliphatic rings. The van der Waals surface area contributed by atoms with Crippen LogP contribution in [0, 0.1) is 6.08 Å². The summed E-state index contributed by atoms with van der Waals surface area (Å²) < 4.78 is 20.2.